The lowest BCUT2D eigenvalue weighted by Gasteiger charge is -2.25. The van der Waals surface area contributed by atoms with Gasteiger partial charge in [0.2, 0.25) is 11.2 Å². The topological polar surface area (TPSA) is 59.8 Å². The van der Waals surface area contributed by atoms with E-state index in [1.165, 1.54) is 12.3 Å². The number of ether oxygens (including phenoxy) is 1. The third kappa shape index (κ3) is 4.46. The minimum absolute atomic E-state index is 0.0621. The van der Waals surface area contributed by atoms with Crippen molar-refractivity contribution in [3.05, 3.63) is 76.3 Å². The summed E-state index contributed by atoms with van der Waals surface area (Å²) in [5.74, 6) is 2.70. The summed E-state index contributed by atoms with van der Waals surface area (Å²) in [4.78, 5) is 27.0. The quantitative estimate of drug-likeness (QED) is 0.595. The van der Waals surface area contributed by atoms with E-state index in [2.05, 4.69) is 4.90 Å². The molecule has 1 aliphatic heterocycles. The Hall–Kier alpha value is -2.57. The minimum Gasteiger partial charge on any atom is -0.478 e. The van der Waals surface area contributed by atoms with Crippen LogP contribution in [0.5, 0.6) is 5.75 Å². The van der Waals surface area contributed by atoms with Crippen molar-refractivity contribution in [2.45, 2.75) is 6.54 Å². The van der Waals surface area contributed by atoms with Crippen LogP contribution in [0.3, 0.4) is 0 Å². The highest BCUT2D eigenvalue weighted by Crippen LogP contribution is 2.17. The molecular weight excluding hydrogens is 374 g/mol. The molecule has 1 saturated heterocycles. The zero-order valence-corrected chi connectivity index (χ0v) is 16.2. The van der Waals surface area contributed by atoms with Crippen molar-refractivity contribution in [2.75, 3.05) is 31.2 Å². The third-order valence-electron chi connectivity index (χ3n) is 4.77. The fourth-order valence-electron chi connectivity index (χ4n) is 3.20. The molecule has 0 N–H and O–H groups in total. The number of fused-ring (bicyclic) bond motifs is 1. The molecule has 0 bridgehead atoms. The van der Waals surface area contributed by atoms with Gasteiger partial charge in [-0.25, -0.2) is 0 Å². The Morgan fingerprint density at radius 2 is 1.86 bits per heavy atom. The maximum absolute atomic E-state index is 12.4. The van der Waals surface area contributed by atoms with Crippen LogP contribution in [0, 0.1) is 0 Å². The molecule has 0 unspecified atom stereocenters. The lowest BCUT2D eigenvalue weighted by molar-refractivity contribution is 0.0919. The summed E-state index contributed by atoms with van der Waals surface area (Å²) >= 11 is 1.94. The van der Waals surface area contributed by atoms with E-state index in [9.17, 15) is 9.59 Å². The normalized spacial score (nSPS) is 14.9. The molecule has 144 valence electrons. The first-order valence-electron chi connectivity index (χ1n) is 9.26. The fraction of sp³-hybridized carbons (Fsp3) is 0.273. The Kier molecular flexibility index (Phi) is 5.78. The summed E-state index contributed by atoms with van der Waals surface area (Å²) in [5.41, 5.74) is 0.293. The zero-order chi connectivity index (χ0) is 19.3. The van der Waals surface area contributed by atoms with Crippen LogP contribution in [0.4, 0.5) is 0 Å². The molecule has 2 aromatic carbocycles. The second-order valence-electron chi connectivity index (χ2n) is 6.74. The lowest BCUT2D eigenvalue weighted by Crippen LogP contribution is -2.32. The van der Waals surface area contributed by atoms with Crippen molar-refractivity contribution in [1.29, 1.82) is 0 Å². The highest BCUT2D eigenvalue weighted by atomic mass is 32.2. The van der Waals surface area contributed by atoms with Crippen LogP contribution < -0.4 is 10.2 Å². The van der Waals surface area contributed by atoms with E-state index >= 15 is 0 Å². The van der Waals surface area contributed by atoms with Crippen molar-refractivity contribution < 1.29 is 13.9 Å². The standard InChI is InChI=1S/C22H21NO4S/c24-20-12-19(13-23-7-9-28-10-8-23)26-15-22(20)27-14-21(25)18-6-5-16-3-1-2-4-17(16)11-18/h1-6,11-12,15H,7-10,13-14H2. The molecule has 6 heteroatoms. The molecule has 28 heavy (non-hydrogen) atoms. The van der Waals surface area contributed by atoms with Gasteiger partial charge in [-0.2, -0.15) is 11.8 Å². The molecule has 0 radical (unpaired) electrons. The van der Waals surface area contributed by atoms with Gasteiger partial charge < -0.3 is 9.15 Å². The summed E-state index contributed by atoms with van der Waals surface area (Å²) in [6.07, 6.45) is 1.31. The second kappa shape index (κ2) is 8.63. The zero-order valence-electron chi connectivity index (χ0n) is 15.4. The van der Waals surface area contributed by atoms with E-state index < -0.39 is 0 Å². The molecule has 0 spiro atoms. The average molecular weight is 395 g/mol. The van der Waals surface area contributed by atoms with Crippen molar-refractivity contribution >= 4 is 28.3 Å². The summed E-state index contributed by atoms with van der Waals surface area (Å²) < 4.78 is 11.0. The smallest absolute Gasteiger partial charge is 0.227 e. The van der Waals surface area contributed by atoms with Gasteiger partial charge in [0.25, 0.3) is 0 Å². The number of hydrogen-bond acceptors (Lipinski definition) is 6. The molecule has 1 aliphatic rings. The molecule has 2 heterocycles. The van der Waals surface area contributed by atoms with Crippen LogP contribution in [-0.4, -0.2) is 41.9 Å². The second-order valence-corrected chi connectivity index (χ2v) is 7.96. The van der Waals surface area contributed by atoms with Gasteiger partial charge in [0.1, 0.15) is 12.0 Å². The van der Waals surface area contributed by atoms with Gasteiger partial charge in [-0.1, -0.05) is 36.4 Å². The van der Waals surface area contributed by atoms with Crippen LogP contribution in [0.1, 0.15) is 16.1 Å². The van der Waals surface area contributed by atoms with Crippen LogP contribution >= 0.6 is 11.8 Å². The molecule has 5 nitrogen and oxygen atoms in total. The summed E-state index contributed by atoms with van der Waals surface area (Å²) in [6, 6.07) is 14.8. The monoisotopic (exact) mass is 395 g/mol. The van der Waals surface area contributed by atoms with E-state index in [1.54, 1.807) is 6.07 Å². The summed E-state index contributed by atoms with van der Waals surface area (Å²) in [5, 5.41) is 2.07. The number of thioether (sulfide) groups is 1. The first-order valence-corrected chi connectivity index (χ1v) is 10.4. The van der Waals surface area contributed by atoms with Gasteiger partial charge in [0.15, 0.2) is 12.4 Å². The van der Waals surface area contributed by atoms with E-state index in [-0.39, 0.29) is 23.6 Å². The number of carbonyl (C=O) groups excluding carboxylic acids is 1. The summed E-state index contributed by atoms with van der Waals surface area (Å²) in [7, 11) is 0. The Morgan fingerprint density at radius 3 is 2.64 bits per heavy atom. The predicted molar refractivity (Wildman–Crippen MR) is 111 cm³/mol. The van der Waals surface area contributed by atoms with E-state index in [0.717, 1.165) is 35.4 Å². The molecule has 4 rings (SSSR count). The lowest BCUT2D eigenvalue weighted by atomic mass is 10.0. The van der Waals surface area contributed by atoms with Gasteiger partial charge >= 0.3 is 0 Å². The first-order chi connectivity index (χ1) is 13.7. The Balaban J connectivity index is 1.39. The largest absolute Gasteiger partial charge is 0.478 e. The number of benzene rings is 2. The predicted octanol–water partition coefficient (Wildman–Crippen LogP) is 3.60. The minimum atomic E-state index is -0.265. The molecule has 0 aliphatic carbocycles. The highest BCUT2D eigenvalue weighted by Gasteiger charge is 2.14. The molecular formula is C22H21NO4S. The van der Waals surface area contributed by atoms with Gasteiger partial charge in [0, 0.05) is 36.2 Å². The van der Waals surface area contributed by atoms with E-state index in [0.29, 0.717) is 17.9 Å². The van der Waals surface area contributed by atoms with Gasteiger partial charge in [-0.3, -0.25) is 14.5 Å². The van der Waals surface area contributed by atoms with Crippen LogP contribution in [0.15, 0.2) is 64.0 Å². The fourth-order valence-corrected chi connectivity index (χ4v) is 4.17. The van der Waals surface area contributed by atoms with Crippen LogP contribution in [0.2, 0.25) is 0 Å². The van der Waals surface area contributed by atoms with Crippen LogP contribution in [0.25, 0.3) is 10.8 Å². The number of hydrogen-bond donors (Lipinski definition) is 0. The maximum Gasteiger partial charge on any atom is 0.227 e. The number of ketones is 1. The molecule has 0 atom stereocenters. The van der Waals surface area contributed by atoms with Gasteiger partial charge in [0.05, 0.1) is 6.54 Å². The van der Waals surface area contributed by atoms with E-state index in [1.807, 2.05) is 48.2 Å². The Morgan fingerprint density at radius 1 is 1.07 bits per heavy atom. The first kappa shape index (κ1) is 18.8. The number of rotatable bonds is 6. The molecule has 0 saturated carbocycles. The molecule has 3 aromatic rings. The maximum atomic E-state index is 12.4. The number of carbonyl (C=O) groups is 1. The Labute approximate surface area is 167 Å². The molecule has 1 fully saturated rings. The van der Waals surface area contributed by atoms with Gasteiger partial charge in [-0.15, -0.1) is 0 Å². The van der Waals surface area contributed by atoms with Crippen molar-refractivity contribution in [3.8, 4) is 5.75 Å². The highest BCUT2D eigenvalue weighted by molar-refractivity contribution is 7.99. The third-order valence-corrected chi connectivity index (χ3v) is 5.71. The van der Waals surface area contributed by atoms with Crippen molar-refractivity contribution in [3.63, 3.8) is 0 Å². The number of Topliss-reactive ketones (excluding diaryl/α,β-unsaturated/α-hetero) is 1. The SMILES string of the molecule is O=C(COc1coc(CN2CCSCC2)cc1=O)c1ccc2ccccc2c1. The molecule has 1 aromatic heterocycles. The summed E-state index contributed by atoms with van der Waals surface area (Å²) in [6.45, 7) is 2.40. The molecule has 0 amide bonds. The number of nitrogens with zero attached hydrogens (tertiary/aromatic N) is 1. The Bertz CT molecular complexity index is 1040. The van der Waals surface area contributed by atoms with E-state index in [4.69, 9.17) is 9.15 Å². The average Bonchev–Trinajstić information content (AvgIpc) is 2.73. The van der Waals surface area contributed by atoms with Gasteiger partial charge in [-0.05, 0) is 16.8 Å². The van der Waals surface area contributed by atoms with Crippen molar-refractivity contribution in [1.82, 2.24) is 4.90 Å². The van der Waals surface area contributed by atoms with Crippen molar-refractivity contribution in [2.24, 2.45) is 0 Å². The van der Waals surface area contributed by atoms with Crippen LogP contribution in [-0.2, 0) is 6.54 Å².